The lowest BCUT2D eigenvalue weighted by Crippen LogP contribution is -2.33. The van der Waals surface area contributed by atoms with Crippen LogP contribution in [0, 0.1) is 20.8 Å². The third-order valence-corrected chi connectivity index (χ3v) is 6.43. The minimum absolute atomic E-state index is 0.130. The number of anilines is 1. The van der Waals surface area contributed by atoms with Crippen LogP contribution in [0.2, 0.25) is 0 Å². The normalized spacial score (nSPS) is 11.2. The summed E-state index contributed by atoms with van der Waals surface area (Å²) in [5, 5.41) is 5.28. The van der Waals surface area contributed by atoms with E-state index in [0.717, 1.165) is 16.7 Å². The molecule has 0 saturated heterocycles. The van der Waals surface area contributed by atoms with Gasteiger partial charge in [0.15, 0.2) is 15.6 Å². The van der Waals surface area contributed by atoms with Gasteiger partial charge in [0.1, 0.15) is 0 Å². The minimum Gasteiger partial charge on any atom is -0.459 e. The summed E-state index contributed by atoms with van der Waals surface area (Å²) in [6.45, 7) is 5.49. The molecular weight excluding hydrogens is 416 g/mol. The summed E-state index contributed by atoms with van der Waals surface area (Å²) in [5.41, 5.74) is 3.88. The molecule has 0 aliphatic carbocycles. The van der Waals surface area contributed by atoms with Crippen LogP contribution in [0.1, 0.15) is 32.8 Å². The van der Waals surface area contributed by atoms with Gasteiger partial charge in [-0.05, 0) is 50.1 Å². The van der Waals surface area contributed by atoms with E-state index in [1.54, 1.807) is 18.2 Å². The van der Waals surface area contributed by atoms with Crippen molar-refractivity contribution >= 4 is 27.3 Å². The summed E-state index contributed by atoms with van der Waals surface area (Å²) >= 11 is 0. The Kier molecular flexibility index (Phi) is 6.60. The first-order chi connectivity index (χ1) is 14.7. The maximum atomic E-state index is 12.6. The number of hydrogen-bond donors (Lipinski definition) is 2. The van der Waals surface area contributed by atoms with Crippen molar-refractivity contribution in [2.24, 2.45) is 0 Å². The highest BCUT2D eigenvalue weighted by molar-refractivity contribution is 7.90. The second-order valence-corrected chi connectivity index (χ2v) is 9.34. The molecular formula is C23H24N2O5S. The minimum atomic E-state index is -3.64. The van der Waals surface area contributed by atoms with Gasteiger partial charge in [-0.2, -0.15) is 0 Å². The first-order valence-corrected chi connectivity index (χ1v) is 11.3. The third kappa shape index (κ3) is 5.40. The van der Waals surface area contributed by atoms with E-state index in [9.17, 15) is 18.0 Å². The maximum absolute atomic E-state index is 12.6. The molecule has 7 nitrogen and oxygen atoms in total. The molecule has 0 aliphatic rings. The van der Waals surface area contributed by atoms with Crippen LogP contribution in [0.15, 0.2) is 64.1 Å². The molecule has 0 fully saturated rings. The van der Waals surface area contributed by atoms with Gasteiger partial charge in [0.25, 0.3) is 5.91 Å². The van der Waals surface area contributed by atoms with Gasteiger partial charge >= 0.3 is 0 Å². The Morgan fingerprint density at radius 2 is 1.61 bits per heavy atom. The Hall–Kier alpha value is -3.39. The number of amides is 2. The van der Waals surface area contributed by atoms with E-state index in [0.29, 0.717) is 5.69 Å². The van der Waals surface area contributed by atoms with Crippen molar-refractivity contribution < 1.29 is 22.4 Å². The van der Waals surface area contributed by atoms with E-state index in [1.165, 1.54) is 24.5 Å². The molecule has 0 bridgehead atoms. The zero-order valence-corrected chi connectivity index (χ0v) is 18.4. The number of carbonyl (C=O) groups is 2. The molecule has 0 saturated carbocycles. The summed E-state index contributed by atoms with van der Waals surface area (Å²) in [6, 6.07) is 13.3. The van der Waals surface area contributed by atoms with Crippen LogP contribution >= 0.6 is 0 Å². The number of rotatable bonds is 7. The Labute approximate surface area is 181 Å². The first-order valence-electron chi connectivity index (χ1n) is 9.67. The van der Waals surface area contributed by atoms with Gasteiger partial charge in [0.2, 0.25) is 5.91 Å². The standard InChI is InChI=1S/C23H24N2O5S/c1-15-11-16(2)21(17(3)12-15)25-20(26)13-24-23(27)22-18(9-10-30-22)14-31(28,29)19-7-5-4-6-8-19/h4-12H,13-14H2,1-3H3,(H,24,27)(H,25,26). The number of carbonyl (C=O) groups excluding carboxylic acids is 2. The van der Waals surface area contributed by atoms with Crippen molar-refractivity contribution in [3.8, 4) is 0 Å². The van der Waals surface area contributed by atoms with Gasteiger partial charge in [-0.3, -0.25) is 9.59 Å². The quantitative estimate of drug-likeness (QED) is 0.585. The predicted molar refractivity (Wildman–Crippen MR) is 118 cm³/mol. The molecule has 3 aromatic rings. The first kappa shape index (κ1) is 22.3. The van der Waals surface area contributed by atoms with E-state index in [1.807, 2.05) is 32.9 Å². The van der Waals surface area contributed by atoms with Crippen LogP contribution in [0.3, 0.4) is 0 Å². The van der Waals surface area contributed by atoms with Crippen molar-refractivity contribution in [2.75, 3.05) is 11.9 Å². The molecule has 2 N–H and O–H groups in total. The lowest BCUT2D eigenvalue weighted by Gasteiger charge is -2.13. The van der Waals surface area contributed by atoms with Crippen molar-refractivity contribution in [1.82, 2.24) is 5.32 Å². The summed E-state index contributed by atoms with van der Waals surface area (Å²) in [6.07, 6.45) is 1.25. The fraction of sp³-hybridized carbons (Fsp3) is 0.217. The molecule has 0 aliphatic heterocycles. The highest BCUT2D eigenvalue weighted by atomic mass is 32.2. The Morgan fingerprint density at radius 3 is 2.26 bits per heavy atom. The fourth-order valence-corrected chi connectivity index (χ4v) is 4.74. The zero-order chi connectivity index (χ0) is 22.6. The summed E-state index contributed by atoms with van der Waals surface area (Å²) in [4.78, 5) is 25.0. The van der Waals surface area contributed by atoms with Gasteiger partial charge in [-0.25, -0.2) is 8.42 Å². The molecule has 2 aromatic carbocycles. The fourth-order valence-electron chi connectivity index (χ4n) is 3.37. The monoisotopic (exact) mass is 440 g/mol. The Bertz CT molecular complexity index is 1190. The number of aryl methyl sites for hydroxylation is 3. The number of hydrogen-bond acceptors (Lipinski definition) is 5. The summed E-state index contributed by atoms with van der Waals surface area (Å²) in [7, 11) is -3.64. The predicted octanol–water partition coefficient (Wildman–Crippen LogP) is 3.55. The second kappa shape index (κ2) is 9.18. The van der Waals surface area contributed by atoms with Crippen LogP contribution < -0.4 is 10.6 Å². The molecule has 1 aromatic heterocycles. The Balaban J connectivity index is 1.65. The number of nitrogens with one attached hydrogen (secondary N) is 2. The number of benzene rings is 2. The molecule has 0 unspecified atom stereocenters. The average molecular weight is 441 g/mol. The summed E-state index contributed by atoms with van der Waals surface area (Å²) < 4.78 is 30.4. The van der Waals surface area contributed by atoms with Crippen LogP contribution in [0.4, 0.5) is 5.69 Å². The van der Waals surface area contributed by atoms with Crippen molar-refractivity contribution in [2.45, 2.75) is 31.4 Å². The van der Waals surface area contributed by atoms with Crippen molar-refractivity contribution in [3.63, 3.8) is 0 Å². The van der Waals surface area contributed by atoms with Gasteiger partial charge in [-0.1, -0.05) is 35.9 Å². The van der Waals surface area contributed by atoms with Crippen LogP contribution in [-0.2, 0) is 20.4 Å². The van der Waals surface area contributed by atoms with E-state index < -0.39 is 21.7 Å². The highest BCUT2D eigenvalue weighted by Crippen LogP contribution is 2.22. The number of sulfone groups is 1. The van der Waals surface area contributed by atoms with Gasteiger partial charge in [0.05, 0.1) is 23.5 Å². The van der Waals surface area contributed by atoms with Gasteiger partial charge in [-0.15, -0.1) is 0 Å². The Morgan fingerprint density at radius 1 is 0.968 bits per heavy atom. The third-order valence-electron chi connectivity index (χ3n) is 4.75. The van der Waals surface area contributed by atoms with Crippen LogP contribution in [-0.4, -0.2) is 26.8 Å². The second-order valence-electron chi connectivity index (χ2n) is 7.35. The van der Waals surface area contributed by atoms with E-state index in [2.05, 4.69) is 10.6 Å². The number of furan rings is 1. The van der Waals surface area contributed by atoms with Crippen LogP contribution in [0.5, 0.6) is 0 Å². The molecule has 2 amide bonds. The van der Waals surface area contributed by atoms with Crippen molar-refractivity contribution in [1.29, 1.82) is 0 Å². The maximum Gasteiger partial charge on any atom is 0.287 e. The van der Waals surface area contributed by atoms with Gasteiger partial charge in [0, 0.05) is 11.3 Å². The zero-order valence-electron chi connectivity index (χ0n) is 17.6. The molecule has 31 heavy (non-hydrogen) atoms. The molecule has 0 atom stereocenters. The van der Waals surface area contributed by atoms with Gasteiger partial charge < -0.3 is 15.1 Å². The van der Waals surface area contributed by atoms with E-state index in [4.69, 9.17) is 4.42 Å². The molecule has 3 rings (SSSR count). The lowest BCUT2D eigenvalue weighted by molar-refractivity contribution is -0.115. The topological polar surface area (TPSA) is 105 Å². The molecule has 0 spiro atoms. The van der Waals surface area contributed by atoms with Crippen molar-refractivity contribution in [3.05, 3.63) is 82.8 Å². The SMILES string of the molecule is Cc1cc(C)c(NC(=O)CNC(=O)c2occc2CS(=O)(=O)c2ccccc2)c(C)c1. The lowest BCUT2D eigenvalue weighted by atomic mass is 10.1. The van der Waals surface area contributed by atoms with Crippen LogP contribution in [0.25, 0.3) is 0 Å². The summed E-state index contributed by atoms with van der Waals surface area (Å²) in [5.74, 6) is -1.57. The molecule has 1 heterocycles. The molecule has 162 valence electrons. The largest absolute Gasteiger partial charge is 0.459 e. The smallest absolute Gasteiger partial charge is 0.287 e. The van der Waals surface area contributed by atoms with E-state index in [-0.39, 0.29) is 28.5 Å². The molecule has 8 heteroatoms. The average Bonchev–Trinajstić information content (AvgIpc) is 3.17. The molecule has 0 radical (unpaired) electrons. The van der Waals surface area contributed by atoms with E-state index >= 15 is 0 Å². The highest BCUT2D eigenvalue weighted by Gasteiger charge is 2.23.